The third kappa shape index (κ3) is 4.43. The summed E-state index contributed by atoms with van der Waals surface area (Å²) in [5, 5.41) is 3.45. The molecule has 1 amide bonds. The van der Waals surface area contributed by atoms with Crippen molar-refractivity contribution in [3.05, 3.63) is 34.9 Å². The molecule has 0 unspecified atom stereocenters. The number of hydrogen-bond acceptors (Lipinski definition) is 3. The van der Waals surface area contributed by atoms with Gasteiger partial charge in [0.25, 0.3) is 0 Å². The zero-order chi connectivity index (χ0) is 15.5. The normalized spacial score (nSPS) is 20.2. The largest absolute Gasteiger partial charge is 0.352 e. The molecule has 7 heteroatoms. The second-order valence-corrected chi connectivity index (χ2v) is 7.66. The zero-order valence-electron chi connectivity index (χ0n) is 11.9. The molecule has 5 nitrogen and oxygen atoms in total. The zero-order valence-corrected chi connectivity index (χ0v) is 13.5. The summed E-state index contributed by atoms with van der Waals surface area (Å²) in [4.78, 5) is 12.2. The molecule has 0 spiro atoms. The van der Waals surface area contributed by atoms with Crippen molar-refractivity contribution in [1.82, 2.24) is 9.62 Å². The molecular formula is C14H19ClN2O3S. The number of amides is 1. The molecule has 1 aliphatic rings. The molecule has 1 fully saturated rings. The number of benzene rings is 1. The Labute approximate surface area is 130 Å². The third-order valence-electron chi connectivity index (χ3n) is 3.63. The van der Waals surface area contributed by atoms with Crippen LogP contribution in [0, 0.1) is 5.92 Å². The van der Waals surface area contributed by atoms with Crippen LogP contribution in [0.15, 0.2) is 24.3 Å². The van der Waals surface area contributed by atoms with Gasteiger partial charge < -0.3 is 5.32 Å². The molecule has 1 aliphatic heterocycles. The number of carbonyl (C=O) groups excluding carboxylic acids is 1. The monoisotopic (exact) mass is 330 g/mol. The van der Waals surface area contributed by atoms with Crippen LogP contribution in [0.25, 0.3) is 0 Å². The summed E-state index contributed by atoms with van der Waals surface area (Å²) in [7, 11) is -3.23. The van der Waals surface area contributed by atoms with E-state index in [0.29, 0.717) is 31.0 Å². The first kappa shape index (κ1) is 16.3. The first-order valence-corrected chi connectivity index (χ1v) is 9.07. The Morgan fingerprint density at radius 3 is 2.81 bits per heavy atom. The number of sulfonamides is 1. The fourth-order valence-corrected chi connectivity index (χ4v) is 3.54. The predicted molar refractivity (Wildman–Crippen MR) is 82.4 cm³/mol. The Hall–Kier alpha value is -1.11. The Kier molecular flexibility index (Phi) is 5.24. The summed E-state index contributed by atoms with van der Waals surface area (Å²) in [5.41, 5.74) is 0.850. The predicted octanol–water partition coefficient (Wildman–Crippen LogP) is 1.63. The summed E-state index contributed by atoms with van der Waals surface area (Å²) in [6.45, 7) is 1.11. The van der Waals surface area contributed by atoms with Gasteiger partial charge in [-0.15, -0.1) is 0 Å². The first-order valence-electron chi connectivity index (χ1n) is 6.84. The lowest BCUT2D eigenvalue weighted by Gasteiger charge is -2.30. The van der Waals surface area contributed by atoms with Crippen molar-refractivity contribution in [2.75, 3.05) is 19.3 Å². The number of hydrogen-bond donors (Lipinski definition) is 1. The van der Waals surface area contributed by atoms with E-state index in [1.54, 1.807) is 6.07 Å². The van der Waals surface area contributed by atoms with Gasteiger partial charge in [-0.3, -0.25) is 4.79 Å². The van der Waals surface area contributed by atoms with Gasteiger partial charge in [-0.05, 0) is 24.5 Å². The molecule has 1 aromatic rings. The van der Waals surface area contributed by atoms with Crippen LogP contribution in [-0.2, 0) is 21.4 Å². The van der Waals surface area contributed by atoms with Gasteiger partial charge in [0.05, 0.1) is 12.2 Å². The highest BCUT2D eigenvalue weighted by Gasteiger charge is 2.29. The molecule has 21 heavy (non-hydrogen) atoms. The van der Waals surface area contributed by atoms with E-state index >= 15 is 0 Å². The quantitative estimate of drug-likeness (QED) is 0.912. The van der Waals surface area contributed by atoms with Gasteiger partial charge in [-0.2, -0.15) is 0 Å². The van der Waals surface area contributed by atoms with Crippen LogP contribution in [-0.4, -0.2) is 38.0 Å². The number of nitrogens with zero attached hydrogens (tertiary/aromatic N) is 1. The van der Waals surface area contributed by atoms with Gasteiger partial charge in [0.15, 0.2) is 0 Å². The molecule has 1 N–H and O–H groups in total. The topological polar surface area (TPSA) is 66.5 Å². The van der Waals surface area contributed by atoms with Crippen molar-refractivity contribution < 1.29 is 13.2 Å². The fraction of sp³-hybridized carbons (Fsp3) is 0.500. The molecule has 0 aliphatic carbocycles. The number of piperidine rings is 1. The van der Waals surface area contributed by atoms with Gasteiger partial charge in [0, 0.05) is 24.7 Å². The van der Waals surface area contributed by atoms with Gasteiger partial charge in [-0.1, -0.05) is 29.8 Å². The van der Waals surface area contributed by atoms with Gasteiger partial charge in [-0.25, -0.2) is 12.7 Å². The van der Waals surface area contributed by atoms with Crippen LogP contribution in [0.3, 0.4) is 0 Å². The van der Waals surface area contributed by atoms with Crippen LogP contribution in [0.2, 0.25) is 5.02 Å². The highest BCUT2D eigenvalue weighted by Crippen LogP contribution is 2.19. The number of halogens is 1. The van der Waals surface area contributed by atoms with E-state index in [1.165, 1.54) is 10.6 Å². The summed E-state index contributed by atoms with van der Waals surface area (Å²) < 4.78 is 24.5. The van der Waals surface area contributed by atoms with E-state index in [-0.39, 0.29) is 18.4 Å². The minimum absolute atomic E-state index is 0.122. The standard InChI is InChI=1S/C14H19ClN2O3S/c1-21(19,20)17-8-4-6-12(10-17)14(18)16-9-11-5-2-3-7-13(11)15/h2-3,5,7,12H,4,6,8-10H2,1H3,(H,16,18)/t12-/m1/s1. The summed E-state index contributed by atoms with van der Waals surface area (Å²) >= 11 is 6.04. The number of nitrogens with one attached hydrogen (secondary N) is 1. The van der Waals surface area contributed by atoms with Gasteiger partial charge >= 0.3 is 0 Å². The van der Waals surface area contributed by atoms with E-state index in [2.05, 4.69) is 5.32 Å². The number of rotatable bonds is 4. The molecule has 2 rings (SSSR count). The number of carbonyl (C=O) groups is 1. The first-order chi connectivity index (χ1) is 9.88. The van der Waals surface area contributed by atoms with Crippen LogP contribution in [0.1, 0.15) is 18.4 Å². The Balaban J connectivity index is 1.93. The summed E-state index contributed by atoms with van der Waals surface area (Å²) in [5.74, 6) is -0.417. The molecule has 1 aromatic carbocycles. The van der Waals surface area contributed by atoms with E-state index in [0.717, 1.165) is 5.56 Å². The highest BCUT2D eigenvalue weighted by molar-refractivity contribution is 7.88. The van der Waals surface area contributed by atoms with Crippen LogP contribution in [0.4, 0.5) is 0 Å². The van der Waals surface area contributed by atoms with E-state index < -0.39 is 10.0 Å². The van der Waals surface area contributed by atoms with E-state index in [9.17, 15) is 13.2 Å². The minimum atomic E-state index is -3.23. The maximum absolute atomic E-state index is 12.2. The SMILES string of the molecule is CS(=O)(=O)N1CCC[C@@H](C(=O)NCc2ccccc2Cl)C1. The molecule has 0 aromatic heterocycles. The average Bonchev–Trinajstić information content (AvgIpc) is 2.45. The van der Waals surface area contributed by atoms with Crippen LogP contribution >= 0.6 is 11.6 Å². The molecule has 1 heterocycles. The Morgan fingerprint density at radius 1 is 1.43 bits per heavy atom. The van der Waals surface area contributed by atoms with Crippen molar-refractivity contribution in [3.63, 3.8) is 0 Å². The summed E-state index contributed by atoms with van der Waals surface area (Å²) in [6.07, 6.45) is 2.59. The lowest BCUT2D eigenvalue weighted by Crippen LogP contribution is -2.44. The molecular weight excluding hydrogens is 312 g/mol. The molecule has 1 atom stereocenters. The second kappa shape index (κ2) is 6.77. The van der Waals surface area contributed by atoms with E-state index in [4.69, 9.17) is 11.6 Å². The van der Waals surface area contributed by atoms with Crippen LogP contribution < -0.4 is 5.32 Å². The Morgan fingerprint density at radius 2 is 2.14 bits per heavy atom. The second-order valence-electron chi connectivity index (χ2n) is 5.27. The van der Waals surface area contributed by atoms with Crippen molar-refractivity contribution >= 4 is 27.5 Å². The van der Waals surface area contributed by atoms with Crippen LogP contribution in [0.5, 0.6) is 0 Å². The van der Waals surface area contributed by atoms with Crippen molar-refractivity contribution in [2.45, 2.75) is 19.4 Å². The molecule has 0 radical (unpaired) electrons. The van der Waals surface area contributed by atoms with Gasteiger partial charge in [0.2, 0.25) is 15.9 Å². The Bertz CT molecular complexity index is 618. The molecule has 0 bridgehead atoms. The lowest BCUT2D eigenvalue weighted by molar-refractivity contribution is -0.126. The fourth-order valence-electron chi connectivity index (χ4n) is 2.43. The minimum Gasteiger partial charge on any atom is -0.352 e. The van der Waals surface area contributed by atoms with Crippen molar-refractivity contribution in [1.29, 1.82) is 0 Å². The van der Waals surface area contributed by atoms with Crippen molar-refractivity contribution in [3.8, 4) is 0 Å². The smallest absolute Gasteiger partial charge is 0.224 e. The summed E-state index contributed by atoms with van der Waals surface area (Å²) in [6, 6.07) is 7.32. The average molecular weight is 331 g/mol. The maximum atomic E-state index is 12.2. The molecule has 1 saturated heterocycles. The van der Waals surface area contributed by atoms with Gasteiger partial charge in [0.1, 0.15) is 0 Å². The highest BCUT2D eigenvalue weighted by atomic mass is 35.5. The third-order valence-corrected chi connectivity index (χ3v) is 5.27. The molecule has 116 valence electrons. The maximum Gasteiger partial charge on any atom is 0.224 e. The van der Waals surface area contributed by atoms with E-state index in [1.807, 2.05) is 18.2 Å². The molecule has 0 saturated carbocycles. The van der Waals surface area contributed by atoms with Crippen molar-refractivity contribution in [2.24, 2.45) is 5.92 Å². The lowest BCUT2D eigenvalue weighted by atomic mass is 9.99.